The number of ether oxygens (including phenoxy) is 1. The molecule has 4 heteroatoms. The zero-order valence-electron chi connectivity index (χ0n) is 8.49. The van der Waals surface area contributed by atoms with Crippen LogP contribution < -0.4 is 4.74 Å². The summed E-state index contributed by atoms with van der Waals surface area (Å²) < 4.78 is 4.36. The van der Waals surface area contributed by atoms with Crippen LogP contribution >= 0.6 is 15.9 Å². The number of benzene rings is 1. The van der Waals surface area contributed by atoms with Crippen LogP contribution in [0.1, 0.15) is 24.2 Å². The largest absolute Gasteiger partial charge is 0.426 e. The molecule has 1 aromatic carbocycles. The molecule has 0 atom stereocenters. The van der Waals surface area contributed by atoms with Gasteiger partial charge in [0.05, 0.1) is 0 Å². The van der Waals surface area contributed by atoms with Gasteiger partial charge in [-0.1, -0.05) is 15.9 Å². The van der Waals surface area contributed by atoms with Crippen molar-refractivity contribution in [2.45, 2.75) is 18.2 Å². The van der Waals surface area contributed by atoms with Gasteiger partial charge in [0.25, 0.3) is 0 Å². The number of hydrogen-bond acceptors (Lipinski definition) is 3. The molecule has 0 saturated carbocycles. The molecule has 3 nitrogen and oxygen atoms in total. The Balaban J connectivity index is 2.74. The van der Waals surface area contributed by atoms with Crippen LogP contribution in [0.15, 0.2) is 24.3 Å². The van der Waals surface area contributed by atoms with Gasteiger partial charge in [-0.05, 0) is 38.1 Å². The lowest BCUT2D eigenvalue weighted by Crippen LogP contribution is -2.29. The smallest absolute Gasteiger partial charge is 0.327 e. The van der Waals surface area contributed by atoms with Gasteiger partial charge in [0.15, 0.2) is 0 Å². The van der Waals surface area contributed by atoms with E-state index in [1.165, 1.54) is 0 Å². The molecule has 0 aliphatic heterocycles. The van der Waals surface area contributed by atoms with E-state index < -0.39 is 4.32 Å². The highest BCUT2D eigenvalue weighted by Crippen LogP contribution is 2.20. The lowest BCUT2D eigenvalue weighted by atomic mass is 10.2. The predicted octanol–water partition coefficient (Wildman–Crippen LogP) is 2.58. The predicted molar refractivity (Wildman–Crippen MR) is 60.5 cm³/mol. The van der Waals surface area contributed by atoms with Crippen molar-refractivity contribution in [2.24, 2.45) is 0 Å². The molecule has 15 heavy (non-hydrogen) atoms. The van der Waals surface area contributed by atoms with E-state index in [1.807, 2.05) is 0 Å². The average Bonchev–Trinajstić information content (AvgIpc) is 2.17. The monoisotopic (exact) mass is 270 g/mol. The molecule has 0 heterocycles. The second-order valence-electron chi connectivity index (χ2n) is 3.55. The van der Waals surface area contributed by atoms with E-state index in [0.717, 1.165) is 6.29 Å². The van der Waals surface area contributed by atoms with E-state index in [9.17, 15) is 9.59 Å². The molecule has 0 radical (unpaired) electrons. The third-order valence-electron chi connectivity index (χ3n) is 1.71. The summed E-state index contributed by atoms with van der Waals surface area (Å²) in [6, 6.07) is 6.36. The molecule has 0 bridgehead atoms. The van der Waals surface area contributed by atoms with Gasteiger partial charge in [-0.2, -0.15) is 0 Å². The fourth-order valence-electron chi connectivity index (χ4n) is 0.843. The Bertz CT molecular complexity index is 362. The van der Waals surface area contributed by atoms with Gasteiger partial charge >= 0.3 is 5.97 Å². The first-order chi connectivity index (χ1) is 6.93. The van der Waals surface area contributed by atoms with Crippen LogP contribution in [0.25, 0.3) is 0 Å². The molecule has 0 aliphatic rings. The standard InChI is InChI=1S/C11H11BrO3/c1-11(2,12)10(14)15-9-5-3-8(7-13)4-6-9/h3-7H,1-2H3. The van der Waals surface area contributed by atoms with Crippen LogP contribution in [0, 0.1) is 0 Å². The topological polar surface area (TPSA) is 43.4 Å². The van der Waals surface area contributed by atoms with E-state index in [0.29, 0.717) is 11.3 Å². The van der Waals surface area contributed by atoms with Gasteiger partial charge in [-0.3, -0.25) is 9.59 Å². The summed E-state index contributed by atoms with van der Waals surface area (Å²) in [5.74, 6) is 0.0551. The summed E-state index contributed by atoms with van der Waals surface area (Å²) in [5, 5.41) is 0. The summed E-state index contributed by atoms with van der Waals surface area (Å²) in [6.45, 7) is 3.41. The molecule has 0 aromatic heterocycles. The van der Waals surface area contributed by atoms with Gasteiger partial charge in [0.2, 0.25) is 0 Å². The lowest BCUT2D eigenvalue weighted by molar-refractivity contribution is -0.136. The fourth-order valence-corrected chi connectivity index (χ4v) is 0.924. The van der Waals surface area contributed by atoms with Crippen LogP contribution in [0.3, 0.4) is 0 Å². The van der Waals surface area contributed by atoms with E-state index in [4.69, 9.17) is 4.74 Å². The number of esters is 1. The van der Waals surface area contributed by atoms with Crippen LogP contribution in [-0.2, 0) is 4.79 Å². The van der Waals surface area contributed by atoms with Crippen molar-refractivity contribution in [3.63, 3.8) is 0 Å². The van der Waals surface area contributed by atoms with Crippen molar-refractivity contribution >= 4 is 28.2 Å². The number of hydrogen-bond donors (Lipinski definition) is 0. The van der Waals surface area contributed by atoms with Gasteiger partial charge in [0.1, 0.15) is 16.4 Å². The SMILES string of the molecule is CC(C)(Br)C(=O)Oc1ccc(C=O)cc1. The Morgan fingerprint density at radius 1 is 1.33 bits per heavy atom. The minimum Gasteiger partial charge on any atom is -0.426 e. The summed E-state index contributed by atoms with van der Waals surface area (Å²) in [5.41, 5.74) is 0.549. The van der Waals surface area contributed by atoms with E-state index in [-0.39, 0.29) is 5.97 Å². The van der Waals surface area contributed by atoms with Crippen molar-refractivity contribution in [3.05, 3.63) is 29.8 Å². The maximum Gasteiger partial charge on any atom is 0.327 e. The maximum atomic E-state index is 11.4. The number of carbonyl (C=O) groups is 2. The van der Waals surface area contributed by atoms with Gasteiger partial charge in [0, 0.05) is 5.56 Å². The minimum atomic E-state index is -0.712. The zero-order valence-corrected chi connectivity index (χ0v) is 10.1. The summed E-state index contributed by atoms with van der Waals surface area (Å²) in [6.07, 6.45) is 0.736. The molecule has 1 rings (SSSR count). The van der Waals surface area contributed by atoms with Crippen LogP contribution in [0.2, 0.25) is 0 Å². The Morgan fingerprint density at radius 2 is 1.87 bits per heavy atom. The second-order valence-corrected chi connectivity index (χ2v) is 5.53. The highest BCUT2D eigenvalue weighted by molar-refractivity contribution is 9.10. The molecule has 0 amide bonds. The van der Waals surface area contributed by atoms with Gasteiger partial charge < -0.3 is 4.74 Å². The molecule has 0 saturated heterocycles. The second kappa shape index (κ2) is 4.57. The Morgan fingerprint density at radius 3 is 2.27 bits per heavy atom. The van der Waals surface area contributed by atoms with Crippen molar-refractivity contribution in [2.75, 3.05) is 0 Å². The molecule has 0 N–H and O–H groups in total. The Hall–Kier alpha value is -1.16. The molecular formula is C11H11BrO3. The maximum absolute atomic E-state index is 11.4. The highest BCUT2D eigenvalue weighted by Gasteiger charge is 2.25. The van der Waals surface area contributed by atoms with E-state index >= 15 is 0 Å². The number of carbonyl (C=O) groups excluding carboxylic acids is 2. The Kier molecular flexibility index (Phi) is 3.63. The number of aldehydes is 1. The number of rotatable bonds is 3. The van der Waals surface area contributed by atoms with Gasteiger partial charge in [-0.15, -0.1) is 0 Å². The Labute approximate surface area is 96.6 Å². The van der Waals surface area contributed by atoms with Crippen molar-refractivity contribution in [1.82, 2.24) is 0 Å². The van der Waals surface area contributed by atoms with Crippen LogP contribution in [0.4, 0.5) is 0 Å². The van der Waals surface area contributed by atoms with E-state index in [2.05, 4.69) is 15.9 Å². The average molecular weight is 271 g/mol. The van der Waals surface area contributed by atoms with Crippen molar-refractivity contribution in [3.8, 4) is 5.75 Å². The molecule has 0 aliphatic carbocycles. The van der Waals surface area contributed by atoms with Crippen molar-refractivity contribution < 1.29 is 14.3 Å². The third-order valence-corrected chi connectivity index (χ3v) is 2.04. The molecule has 0 spiro atoms. The van der Waals surface area contributed by atoms with Crippen molar-refractivity contribution in [1.29, 1.82) is 0 Å². The normalized spacial score (nSPS) is 10.9. The summed E-state index contributed by atoms with van der Waals surface area (Å²) >= 11 is 3.20. The summed E-state index contributed by atoms with van der Waals surface area (Å²) in [7, 11) is 0. The molecular weight excluding hydrogens is 260 g/mol. The first kappa shape index (κ1) is 11.9. The molecule has 80 valence electrons. The highest BCUT2D eigenvalue weighted by atomic mass is 79.9. The first-order valence-corrected chi connectivity index (χ1v) is 5.19. The number of alkyl halides is 1. The third kappa shape index (κ3) is 3.47. The summed E-state index contributed by atoms with van der Waals surface area (Å²) in [4.78, 5) is 21.8. The number of halogens is 1. The molecule has 0 unspecified atom stereocenters. The lowest BCUT2D eigenvalue weighted by Gasteiger charge is -2.14. The quantitative estimate of drug-likeness (QED) is 0.367. The van der Waals surface area contributed by atoms with Crippen LogP contribution in [-0.4, -0.2) is 16.6 Å². The van der Waals surface area contributed by atoms with Crippen LogP contribution in [0.5, 0.6) is 5.75 Å². The van der Waals surface area contributed by atoms with Gasteiger partial charge in [-0.25, -0.2) is 0 Å². The molecule has 0 fully saturated rings. The first-order valence-electron chi connectivity index (χ1n) is 4.40. The zero-order chi connectivity index (χ0) is 11.5. The molecule has 1 aromatic rings. The minimum absolute atomic E-state index is 0.374. The van der Waals surface area contributed by atoms with E-state index in [1.54, 1.807) is 38.1 Å². The fraction of sp³-hybridized carbons (Fsp3) is 0.273.